The molecule has 1 heterocycles. The number of hydrogen-bond donors (Lipinski definition) is 1. The molecule has 20 heavy (non-hydrogen) atoms. The van der Waals surface area contributed by atoms with Gasteiger partial charge < -0.3 is 10.5 Å². The van der Waals surface area contributed by atoms with Crippen LogP contribution >= 0.6 is 0 Å². The lowest BCUT2D eigenvalue weighted by Crippen LogP contribution is -2.14. The fourth-order valence-corrected chi connectivity index (χ4v) is 1.83. The predicted molar refractivity (Wildman–Crippen MR) is 74.8 cm³/mol. The van der Waals surface area contributed by atoms with E-state index in [9.17, 15) is 4.79 Å². The number of unbranched alkanes of at least 4 members (excludes halogenated alkanes) is 1. The number of esters is 1. The maximum absolute atomic E-state index is 11.5. The van der Waals surface area contributed by atoms with Gasteiger partial charge in [0.1, 0.15) is 12.9 Å². The fourth-order valence-electron chi connectivity index (χ4n) is 1.83. The summed E-state index contributed by atoms with van der Waals surface area (Å²) in [6, 6.07) is 10.3. The Morgan fingerprint density at radius 1 is 1.25 bits per heavy atom. The van der Waals surface area contributed by atoms with E-state index in [0.29, 0.717) is 6.61 Å². The average molecular weight is 274 g/mol. The summed E-state index contributed by atoms with van der Waals surface area (Å²) in [6.45, 7) is 0.471. The van der Waals surface area contributed by atoms with E-state index in [2.05, 4.69) is 22.2 Å². The first-order valence-electron chi connectivity index (χ1n) is 6.58. The summed E-state index contributed by atoms with van der Waals surface area (Å²) >= 11 is 0. The molecule has 0 radical (unpaired) electrons. The van der Waals surface area contributed by atoms with Gasteiger partial charge in [0.15, 0.2) is 0 Å². The molecule has 0 spiro atoms. The summed E-state index contributed by atoms with van der Waals surface area (Å²) in [5.41, 5.74) is 6.66. The Labute approximate surface area is 117 Å². The van der Waals surface area contributed by atoms with Crippen LogP contribution in [0.1, 0.15) is 18.4 Å². The normalized spacial score (nSPS) is 10.4. The Balaban J connectivity index is 1.58. The fraction of sp³-hybridized carbons (Fsp3) is 0.357. The van der Waals surface area contributed by atoms with Gasteiger partial charge in [-0.1, -0.05) is 30.3 Å². The molecule has 1 aromatic carbocycles. The highest BCUT2D eigenvalue weighted by Gasteiger charge is 2.05. The van der Waals surface area contributed by atoms with E-state index in [0.717, 1.165) is 19.3 Å². The number of hydrogen-bond acceptors (Lipinski definition) is 5. The van der Waals surface area contributed by atoms with Crippen molar-refractivity contribution in [2.45, 2.75) is 25.8 Å². The number of rotatable bonds is 7. The van der Waals surface area contributed by atoms with Gasteiger partial charge in [-0.25, -0.2) is 9.67 Å². The van der Waals surface area contributed by atoms with Gasteiger partial charge in [-0.15, -0.1) is 5.10 Å². The van der Waals surface area contributed by atoms with Crippen LogP contribution in [0.15, 0.2) is 36.7 Å². The summed E-state index contributed by atoms with van der Waals surface area (Å²) in [5, 5.41) is 3.82. The second-order valence-electron chi connectivity index (χ2n) is 4.46. The van der Waals surface area contributed by atoms with E-state index in [-0.39, 0.29) is 18.5 Å². The van der Waals surface area contributed by atoms with E-state index in [4.69, 9.17) is 10.5 Å². The smallest absolute Gasteiger partial charge is 0.327 e. The number of aryl methyl sites for hydroxylation is 1. The Hall–Kier alpha value is -2.37. The van der Waals surface area contributed by atoms with Gasteiger partial charge >= 0.3 is 5.97 Å². The lowest BCUT2D eigenvalue weighted by atomic mass is 10.1. The van der Waals surface area contributed by atoms with E-state index < -0.39 is 0 Å². The van der Waals surface area contributed by atoms with Gasteiger partial charge in [-0.2, -0.15) is 0 Å². The lowest BCUT2D eigenvalue weighted by molar-refractivity contribution is -0.144. The molecule has 0 saturated heterocycles. The number of nitrogens with two attached hydrogens (primary N) is 1. The van der Waals surface area contributed by atoms with Crippen molar-refractivity contribution < 1.29 is 9.53 Å². The summed E-state index contributed by atoms with van der Waals surface area (Å²) in [7, 11) is 0. The Kier molecular flexibility index (Phi) is 5.11. The summed E-state index contributed by atoms with van der Waals surface area (Å²) in [6.07, 6.45) is 4.25. The first kappa shape index (κ1) is 14.0. The van der Waals surface area contributed by atoms with Crippen LogP contribution in [0, 0.1) is 0 Å². The topological polar surface area (TPSA) is 83.0 Å². The second-order valence-corrected chi connectivity index (χ2v) is 4.46. The zero-order chi connectivity index (χ0) is 14.2. The number of aromatic nitrogens is 3. The van der Waals surface area contributed by atoms with Crippen LogP contribution in [0.3, 0.4) is 0 Å². The highest BCUT2D eigenvalue weighted by atomic mass is 16.5. The number of anilines is 1. The molecular formula is C14H18N4O2. The minimum absolute atomic E-state index is 0.0445. The Morgan fingerprint density at radius 2 is 2.05 bits per heavy atom. The number of carbonyl (C=O) groups excluding carboxylic acids is 1. The third-order valence-electron chi connectivity index (χ3n) is 2.81. The molecule has 0 unspecified atom stereocenters. The average Bonchev–Trinajstić information content (AvgIpc) is 2.85. The van der Waals surface area contributed by atoms with Crippen molar-refractivity contribution in [3.05, 3.63) is 42.2 Å². The van der Waals surface area contributed by atoms with Crippen LogP contribution in [0.4, 0.5) is 5.95 Å². The third kappa shape index (κ3) is 4.72. The summed E-state index contributed by atoms with van der Waals surface area (Å²) in [5.74, 6) is -0.171. The third-order valence-corrected chi connectivity index (χ3v) is 2.81. The van der Waals surface area contributed by atoms with E-state index in [1.807, 2.05) is 18.2 Å². The monoisotopic (exact) mass is 274 g/mol. The summed E-state index contributed by atoms with van der Waals surface area (Å²) in [4.78, 5) is 15.2. The molecule has 0 aliphatic rings. The quantitative estimate of drug-likeness (QED) is 0.610. The van der Waals surface area contributed by atoms with Crippen molar-refractivity contribution in [3.8, 4) is 0 Å². The van der Waals surface area contributed by atoms with Gasteiger partial charge in [-0.3, -0.25) is 4.79 Å². The highest BCUT2D eigenvalue weighted by Crippen LogP contribution is 2.04. The number of benzene rings is 1. The van der Waals surface area contributed by atoms with Crippen LogP contribution in [-0.4, -0.2) is 27.3 Å². The van der Waals surface area contributed by atoms with E-state index in [1.54, 1.807) is 0 Å². The number of nitrogen functional groups attached to an aromatic ring is 1. The predicted octanol–water partition coefficient (Wildman–Crippen LogP) is 1.43. The molecule has 0 fully saturated rings. The molecule has 2 aromatic rings. The first-order chi connectivity index (χ1) is 9.74. The molecule has 6 nitrogen and oxygen atoms in total. The van der Waals surface area contributed by atoms with Crippen molar-refractivity contribution in [1.29, 1.82) is 0 Å². The van der Waals surface area contributed by atoms with Crippen molar-refractivity contribution in [3.63, 3.8) is 0 Å². The van der Waals surface area contributed by atoms with Crippen LogP contribution in [0.25, 0.3) is 0 Å². The van der Waals surface area contributed by atoms with Crippen LogP contribution < -0.4 is 5.73 Å². The van der Waals surface area contributed by atoms with Crippen molar-refractivity contribution in [1.82, 2.24) is 14.8 Å². The minimum atomic E-state index is -0.324. The molecule has 0 saturated carbocycles. The van der Waals surface area contributed by atoms with E-state index >= 15 is 0 Å². The van der Waals surface area contributed by atoms with Gasteiger partial charge in [0.05, 0.1) is 6.61 Å². The maximum Gasteiger partial charge on any atom is 0.327 e. The molecule has 0 amide bonds. The number of carbonyl (C=O) groups is 1. The van der Waals surface area contributed by atoms with Gasteiger partial charge in [-0.05, 0) is 24.8 Å². The van der Waals surface area contributed by atoms with Gasteiger partial charge in [0, 0.05) is 0 Å². The molecule has 6 heteroatoms. The SMILES string of the molecule is Nc1ncn(CC(=O)OCCCCc2ccccc2)n1. The zero-order valence-corrected chi connectivity index (χ0v) is 11.2. The molecule has 0 bridgehead atoms. The number of ether oxygens (including phenoxy) is 1. The first-order valence-corrected chi connectivity index (χ1v) is 6.58. The van der Waals surface area contributed by atoms with Crippen LogP contribution in [0.5, 0.6) is 0 Å². The molecular weight excluding hydrogens is 256 g/mol. The largest absolute Gasteiger partial charge is 0.464 e. The maximum atomic E-state index is 11.5. The van der Waals surface area contributed by atoms with Crippen molar-refractivity contribution in [2.75, 3.05) is 12.3 Å². The molecule has 0 atom stereocenters. The molecule has 0 aliphatic heterocycles. The standard InChI is InChI=1S/C14H18N4O2/c15-14-16-11-18(17-14)10-13(19)20-9-5-4-8-12-6-2-1-3-7-12/h1-3,6-7,11H,4-5,8-10H2,(H2,15,17). The lowest BCUT2D eigenvalue weighted by Gasteiger charge is -2.05. The van der Waals surface area contributed by atoms with Crippen LogP contribution in [0.2, 0.25) is 0 Å². The van der Waals surface area contributed by atoms with Crippen molar-refractivity contribution in [2.24, 2.45) is 0 Å². The van der Waals surface area contributed by atoms with Gasteiger partial charge in [0.2, 0.25) is 5.95 Å². The van der Waals surface area contributed by atoms with Crippen LogP contribution in [-0.2, 0) is 22.5 Å². The highest BCUT2D eigenvalue weighted by molar-refractivity contribution is 5.68. The zero-order valence-electron chi connectivity index (χ0n) is 11.2. The molecule has 2 rings (SSSR count). The van der Waals surface area contributed by atoms with Crippen molar-refractivity contribution >= 4 is 11.9 Å². The molecule has 1 aromatic heterocycles. The van der Waals surface area contributed by atoms with E-state index in [1.165, 1.54) is 16.6 Å². The molecule has 2 N–H and O–H groups in total. The summed E-state index contributed by atoms with van der Waals surface area (Å²) < 4.78 is 6.49. The van der Waals surface area contributed by atoms with Gasteiger partial charge in [0.25, 0.3) is 0 Å². The minimum Gasteiger partial charge on any atom is -0.464 e. The molecule has 0 aliphatic carbocycles. The Morgan fingerprint density at radius 3 is 2.75 bits per heavy atom. The Bertz CT molecular complexity index is 539. The molecule has 106 valence electrons. The number of nitrogens with zero attached hydrogens (tertiary/aromatic N) is 3. The second kappa shape index (κ2) is 7.28.